The highest BCUT2D eigenvalue weighted by Crippen LogP contribution is 2.21. The van der Waals surface area contributed by atoms with Gasteiger partial charge in [-0.15, -0.1) is 36.7 Å². The van der Waals surface area contributed by atoms with Crippen molar-refractivity contribution in [3.63, 3.8) is 0 Å². The summed E-state index contributed by atoms with van der Waals surface area (Å²) in [7, 11) is 2.15. The second-order valence-electron chi connectivity index (χ2n) is 5.60. The number of hydrogen-bond donors (Lipinski definition) is 0. The second kappa shape index (κ2) is 12.5. The van der Waals surface area contributed by atoms with Crippen LogP contribution >= 0.6 is 24.8 Å². The zero-order valence-electron chi connectivity index (χ0n) is 14.1. The Kier molecular flexibility index (Phi) is 12.0. The molecule has 5 heteroatoms. The summed E-state index contributed by atoms with van der Waals surface area (Å²) in [5.41, 5.74) is 1.09. The van der Waals surface area contributed by atoms with Gasteiger partial charge in [-0.05, 0) is 51.4 Å². The van der Waals surface area contributed by atoms with Crippen LogP contribution in [0.2, 0.25) is 0 Å². The van der Waals surface area contributed by atoms with Crippen LogP contribution in [0.4, 0.5) is 0 Å². The molecule has 0 unspecified atom stereocenters. The molecule has 0 aliphatic carbocycles. The lowest BCUT2D eigenvalue weighted by molar-refractivity contribution is 0.0763. The highest BCUT2D eigenvalue weighted by molar-refractivity contribution is 5.85. The number of unbranched alkanes of at least 4 members (excludes halogenated alkanes) is 2. The minimum Gasteiger partial charge on any atom is -0.490 e. The van der Waals surface area contributed by atoms with E-state index in [2.05, 4.69) is 35.7 Å². The lowest BCUT2D eigenvalue weighted by atomic mass is 10.1. The summed E-state index contributed by atoms with van der Waals surface area (Å²) in [5, 5.41) is 0. The Morgan fingerprint density at radius 3 is 2.78 bits per heavy atom. The minimum absolute atomic E-state index is 0. The van der Waals surface area contributed by atoms with Gasteiger partial charge in [0.05, 0.1) is 5.69 Å². The van der Waals surface area contributed by atoms with Crippen LogP contribution in [0.5, 0.6) is 5.75 Å². The zero-order chi connectivity index (χ0) is 14.9. The van der Waals surface area contributed by atoms with E-state index in [0.717, 1.165) is 50.2 Å². The average molecular weight is 359 g/mol. The summed E-state index contributed by atoms with van der Waals surface area (Å²) in [4.78, 5) is 6.81. The van der Waals surface area contributed by atoms with E-state index in [1.165, 1.54) is 13.0 Å². The molecule has 0 amide bonds. The normalized spacial score (nSPS) is 16.2. The van der Waals surface area contributed by atoms with E-state index in [-0.39, 0.29) is 24.8 Å². The molecule has 1 aromatic heterocycles. The number of pyridine rings is 1. The first-order valence-corrected chi connectivity index (χ1v) is 8.04. The first-order valence-electron chi connectivity index (χ1n) is 8.04. The third-order valence-electron chi connectivity index (χ3n) is 3.99. The Bertz CT molecular complexity index is 499. The topological polar surface area (TPSA) is 25.4 Å². The Balaban J connectivity index is 0.00000242. The summed E-state index contributed by atoms with van der Waals surface area (Å²) < 4.78 is 5.97. The molecule has 2 heterocycles. The molecule has 1 aliphatic heterocycles. The molecule has 0 saturated carbocycles. The molecular weight excluding hydrogens is 331 g/mol. The molecule has 1 saturated heterocycles. The number of rotatable bonds is 7. The minimum atomic E-state index is 0. The van der Waals surface area contributed by atoms with Gasteiger partial charge < -0.3 is 4.74 Å². The van der Waals surface area contributed by atoms with Crippen molar-refractivity contribution < 1.29 is 4.74 Å². The molecular formula is C18H28Cl2N2O. The maximum atomic E-state index is 5.97. The molecule has 0 radical (unpaired) electrons. The molecule has 1 aliphatic rings. The van der Waals surface area contributed by atoms with Crippen molar-refractivity contribution in [3.8, 4) is 17.6 Å². The summed E-state index contributed by atoms with van der Waals surface area (Å²) in [6.07, 6.45) is 8.27. The SMILES string of the molecule is CCC#CCCCCc1ncccc1OC[C@@H]1CCN1C.Cl.Cl. The van der Waals surface area contributed by atoms with Crippen molar-refractivity contribution in [1.29, 1.82) is 0 Å². The Hall–Kier alpha value is -0.950. The molecule has 0 N–H and O–H groups in total. The molecule has 130 valence electrons. The maximum absolute atomic E-state index is 5.97. The van der Waals surface area contributed by atoms with E-state index in [0.29, 0.717) is 6.04 Å². The third kappa shape index (κ3) is 7.44. The van der Waals surface area contributed by atoms with Gasteiger partial charge in [0.2, 0.25) is 0 Å². The standard InChI is InChI=1S/C18H26N2O.2ClH/c1-3-4-5-6-7-8-10-17-18(11-9-13-19-17)21-15-16-12-14-20(16)2;;/h9,11,13,16H,3,6-8,10,12,14-15H2,1-2H3;2*1H/t16-;;/m0../s1. The highest BCUT2D eigenvalue weighted by Gasteiger charge is 2.24. The lowest BCUT2D eigenvalue weighted by Crippen LogP contribution is -2.48. The van der Waals surface area contributed by atoms with Crippen molar-refractivity contribution >= 4 is 24.8 Å². The van der Waals surface area contributed by atoms with Crippen LogP contribution < -0.4 is 4.74 Å². The van der Waals surface area contributed by atoms with Crippen molar-refractivity contribution in [1.82, 2.24) is 9.88 Å². The smallest absolute Gasteiger partial charge is 0.140 e. The van der Waals surface area contributed by atoms with Crippen LogP contribution in [0.1, 0.15) is 44.7 Å². The maximum Gasteiger partial charge on any atom is 0.140 e. The number of likely N-dealkylation sites (N-methyl/N-ethyl adjacent to an activating group) is 1. The summed E-state index contributed by atoms with van der Waals surface area (Å²) in [5.74, 6) is 7.26. The van der Waals surface area contributed by atoms with E-state index in [1.54, 1.807) is 0 Å². The van der Waals surface area contributed by atoms with E-state index >= 15 is 0 Å². The van der Waals surface area contributed by atoms with Crippen LogP contribution in [-0.2, 0) is 6.42 Å². The zero-order valence-corrected chi connectivity index (χ0v) is 15.7. The first-order chi connectivity index (χ1) is 10.3. The van der Waals surface area contributed by atoms with Crippen LogP contribution in [0.3, 0.4) is 0 Å². The highest BCUT2D eigenvalue weighted by atomic mass is 35.5. The molecule has 0 spiro atoms. The molecule has 3 nitrogen and oxygen atoms in total. The van der Waals surface area contributed by atoms with E-state index in [1.807, 2.05) is 18.3 Å². The van der Waals surface area contributed by atoms with Crippen molar-refractivity contribution in [2.24, 2.45) is 0 Å². The molecule has 1 atom stereocenters. The van der Waals surface area contributed by atoms with Gasteiger partial charge in [0.25, 0.3) is 0 Å². The van der Waals surface area contributed by atoms with Gasteiger partial charge in [0.1, 0.15) is 12.4 Å². The van der Waals surface area contributed by atoms with Crippen molar-refractivity contribution in [3.05, 3.63) is 24.0 Å². The fourth-order valence-corrected chi connectivity index (χ4v) is 2.43. The first kappa shape index (κ1) is 22.1. The number of ether oxygens (including phenoxy) is 1. The molecule has 0 aromatic carbocycles. The molecule has 2 rings (SSSR count). The second-order valence-corrected chi connectivity index (χ2v) is 5.60. The molecule has 0 bridgehead atoms. The predicted molar refractivity (Wildman–Crippen MR) is 101 cm³/mol. The van der Waals surface area contributed by atoms with Gasteiger partial charge in [-0.25, -0.2) is 0 Å². The number of likely N-dealkylation sites (tertiary alicyclic amines) is 1. The number of halogens is 2. The molecule has 1 fully saturated rings. The van der Waals surface area contributed by atoms with Crippen LogP contribution in [-0.4, -0.2) is 36.1 Å². The predicted octanol–water partition coefficient (Wildman–Crippen LogP) is 4.13. The van der Waals surface area contributed by atoms with Crippen molar-refractivity contribution in [2.45, 2.75) is 51.5 Å². The monoisotopic (exact) mass is 358 g/mol. The summed E-state index contributed by atoms with van der Waals surface area (Å²) in [6, 6.07) is 4.57. The van der Waals surface area contributed by atoms with Crippen LogP contribution in [0.25, 0.3) is 0 Å². The summed E-state index contributed by atoms with van der Waals surface area (Å²) >= 11 is 0. The van der Waals surface area contributed by atoms with Gasteiger partial charge in [0.15, 0.2) is 0 Å². The van der Waals surface area contributed by atoms with Crippen LogP contribution in [0, 0.1) is 11.8 Å². The van der Waals surface area contributed by atoms with Gasteiger partial charge in [-0.1, -0.05) is 6.92 Å². The number of hydrogen-bond acceptors (Lipinski definition) is 3. The van der Waals surface area contributed by atoms with Gasteiger partial charge in [0, 0.05) is 25.1 Å². The van der Waals surface area contributed by atoms with E-state index in [9.17, 15) is 0 Å². The quantitative estimate of drug-likeness (QED) is 0.541. The Morgan fingerprint density at radius 2 is 2.13 bits per heavy atom. The Labute approximate surface area is 153 Å². The largest absolute Gasteiger partial charge is 0.490 e. The molecule has 1 aromatic rings. The van der Waals surface area contributed by atoms with Gasteiger partial charge in [-0.3, -0.25) is 9.88 Å². The van der Waals surface area contributed by atoms with Gasteiger partial charge >= 0.3 is 0 Å². The fourth-order valence-electron chi connectivity index (χ4n) is 2.43. The van der Waals surface area contributed by atoms with E-state index < -0.39 is 0 Å². The fraction of sp³-hybridized carbons (Fsp3) is 0.611. The number of aromatic nitrogens is 1. The van der Waals surface area contributed by atoms with Crippen molar-refractivity contribution in [2.75, 3.05) is 20.2 Å². The number of aryl methyl sites for hydroxylation is 1. The Morgan fingerprint density at radius 1 is 1.30 bits per heavy atom. The van der Waals surface area contributed by atoms with Gasteiger partial charge in [-0.2, -0.15) is 0 Å². The molecule has 23 heavy (non-hydrogen) atoms. The average Bonchev–Trinajstić information content (AvgIpc) is 2.50. The van der Waals surface area contributed by atoms with Crippen LogP contribution in [0.15, 0.2) is 18.3 Å². The summed E-state index contributed by atoms with van der Waals surface area (Å²) in [6.45, 7) is 4.05. The number of nitrogens with zero attached hydrogens (tertiary/aromatic N) is 2. The lowest BCUT2D eigenvalue weighted by Gasteiger charge is -2.37. The third-order valence-corrected chi connectivity index (χ3v) is 3.99. The van der Waals surface area contributed by atoms with E-state index in [4.69, 9.17) is 4.74 Å².